The van der Waals surface area contributed by atoms with E-state index in [9.17, 15) is 0 Å². The largest absolute Gasteiger partial charge is 0.330 e. The lowest BCUT2D eigenvalue weighted by molar-refractivity contribution is 0.778. The van der Waals surface area contributed by atoms with Gasteiger partial charge in [-0.2, -0.15) is 0 Å². The molecule has 0 spiro atoms. The summed E-state index contributed by atoms with van der Waals surface area (Å²) in [5.41, 5.74) is 8.31. The zero-order chi connectivity index (χ0) is 6.85. The van der Waals surface area contributed by atoms with Crippen molar-refractivity contribution >= 4 is 0 Å². The summed E-state index contributed by atoms with van der Waals surface area (Å²) in [7, 11) is 0. The van der Waals surface area contributed by atoms with Gasteiger partial charge in [0.1, 0.15) is 0 Å². The lowest BCUT2D eigenvalue weighted by Crippen LogP contribution is -2.11. The van der Waals surface area contributed by atoms with Crippen LogP contribution in [-0.4, -0.2) is 6.54 Å². The van der Waals surface area contributed by atoms with Gasteiger partial charge >= 0.3 is 0 Å². The van der Waals surface area contributed by atoms with Crippen LogP contribution >= 0.6 is 0 Å². The molecule has 1 nitrogen and oxygen atoms in total. The smallest absolute Gasteiger partial charge is 0.0106 e. The van der Waals surface area contributed by atoms with Crippen molar-refractivity contribution in [1.29, 1.82) is 0 Å². The van der Waals surface area contributed by atoms with E-state index in [1.165, 1.54) is 11.1 Å². The Morgan fingerprint density at radius 3 is 2.44 bits per heavy atom. The average molecular weight is 123 g/mol. The Balaban J connectivity index is 2.74. The summed E-state index contributed by atoms with van der Waals surface area (Å²) in [6.07, 6.45) is 4.32. The van der Waals surface area contributed by atoms with E-state index in [0.29, 0.717) is 5.92 Å². The van der Waals surface area contributed by atoms with Crippen LogP contribution in [-0.2, 0) is 0 Å². The summed E-state index contributed by atoms with van der Waals surface area (Å²) in [5, 5.41) is 0. The first-order chi connectivity index (χ1) is 4.25. The van der Waals surface area contributed by atoms with E-state index in [4.69, 9.17) is 5.73 Å². The van der Waals surface area contributed by atoms with Gasteiger partial charge in [0.2, 0.25) is 0 Å². The number of rotatable bonds is 1. The van der Waals surface area contributed by atoms with Crippen molar-refractivity contribution < 1.29 is 0 Å². The van der Waals surface area contributed by atoms with Crippen LogP contribution in [0.4, 0.5) is 0 Å². The molecule has 0 saturated heterocycles. The average Bonchev–Trinajstić information content (AvgIpc) is 2.15. The molecule has 0 aromatic heterocycles. The maximum absolute atomic E-state index is 5.50. The summed E-state index contributed by atoms with van der Waals surface area (Å²) in [6.45, 7) is 5.02. The second-order valence-electron chi connectivity index (χ2n) is 2.57. The molecular weight excluding hydrogens is 110 g/mol. The quantitative estimate of drug-likeness (QED) is 0.561. The summed E-state index contributed by atoms with van der Waals surface area (Å²) >= 11 is 0. The van der Waals surface area contributed by atoms with Crippen molar-refractivity contribution in [1.82, 2.24) is 0 Å². The van der Waals surface area contributed by atoms with Crippen LogP contribution in [0.15, 0.2) is 23.3 Å². The molecule has 2 N–H and O–H groups in total. The van der Waals surface area contributed by atoms with Crippen molar-refractivity contribution in [2.24, 2.45) is 11.7 Å². The van der Waals surface area contributed by atoms with Gasteiger partial charge in [0.05, 0.1) is 0 Å². The number of hydrogen-bond acceptors (Lipinski definition) is 1. The maximum atomic E-state index is 5.50. The molecule has 0 aromatic carbocycles. The first kappa shape index (κ1) is 6.56. The third-order valence-corrected chi connectivity index (χ3v) is 2.01. The molecule has 1 atom stereocenters. The first-order valence-electron chi connectivity index (χ1n) is 3.31. The Kier molecular flexibility index (Phi) is 1.72. The summed E-state index contributed by atoms with van der Waals surface area (Å²) in [4.78, 5) is 0. The summed E-state index contributed by atoms with van der Waals surface area (Å²) in [5.74, 6) is 0.519. The molecule has 9 heavy (non-hydrogen) atoms. The highest BCUT2D eigenvalue weighted by Gasteiger charge is 2.10. The molecule has 0 amide bonds. The van der Waals surface area contributed by atoms with Gasteiger partial charge in [-0.3, -0.25) is 0 Å². The molecule has 0 radical (unpaired) electrons. The fraction of sp³-hybridized carbons (Fsp3) is 0.500. The zero-order valence-electron chi connectivity index (χ0n) is 6.02. The van der Waals surface area contributed by atoms with Gasteiger partial charge in [0, 0.05) is 12.5 Å². The van der Waals surface area contributed by atoms with E-state index in [1.54, 1.807) is 0 Å². The second kappa shape index (κ2) is 2.36. The summed E-state index contributed by atoms with van der Waals surface area (Å²) < 4.78 is 0. The Hall–Kier alpha value is -0.560. The lowest BCUT2D eigenvalue weighted by Gasteiger charge is -2.05. The van der Waals surface area contributed by atoms with E-state index >= 15 is 0 Å². The maximum Gasteiger partial charge on any atom is 0.0106 e. The fourth-order valence-electron chi connectivity index (χ4n) is 1.08. The van der Waals surface area contributed by atoms with Gasteiger partial charge in [0.15, 0.2) is 0 Å². The van der Waals surface area contributed by atoms with Crippen molar-refractivity contribution in [2.45, 2.75) is 13.8 Å². The molecule has 0 fully saturated rings. The van der Waals surface area contributed by atoms with Gasteiger partial charge in [0.25, 0.3) is 0 Å². The number of allylic oxidation sites excluding steroid dienone is 2. The Morgan fingerprint density at radius 1 is 1.56 bits per heavy atom. The topological polar surface area (TPSA) is 26.0 Å². The van der Waals surface area contributed by atoms with E-state index in [-0.39, 0.29) is 0 Å². The van der Waals surface area contributed by atoms with Gasteiger partial charge in [-0.25, -0.2) is 0 Å². The minimum atomic E-state index is 0.519. The third kappa shape index (κ3) is 1.06. The van der Waals surface area contributed by atoms with Crippen LogP contribution in [0.5, 0.6) is 0 Å². The zero-order valence-corrected chi connectivity index (χ0v) is 6.02. The van der Waals surface area contributed by atoms with Crippen molar-refractivity contribution in [3.8, 4) is 0 Å². The molecule has 0 aromatic rings. The molecule has 1 aliphatic carbocycles. The van der Waals surface area contributed by atoms with E-state index in [2.05, 4.69) is 26.0 Å². The molecule has 1 rings (SSSR count). The van der Waals surface area contributed by atoms with E-state index in [1.807, 2.05) is 0 Å². The predicted octanol–water partition coefficient (Wildman–Crippen LogP) is 1.47. The normalized spacial score (nSPS) is 25.9. The standard InChI is InChI=1S/C8H13N/c1-6-3-4-8(5-9)7(6)2/h3-4,8H,5,9H2,1-2H3. The fourth-order valence-corrected chi connectivity index (χ4v) is 1.08. The monoisotopic (exact) mass is 123 g/mol. The number of hydrogen-bond donors (Lipinski definition) is 1. The first-order valence-corrected chi connectivity index (χ1v) is 3.31. The van der Waals surface area contributed by atoms with Gasteiger partial charge in [-0.1, -0.05) is 23.3 Å². The van der Waals surface area contributed by atoms with E-state index in [0.717, 1.165) is 6.54 Å². The highest BCUT2D eigenvalue weighted by Crippen LogP contribution is 2.22. The Labute approximate surface area is 56.2 Å². The van der Waals surface area contributed by atoms with Crippen LogP contribution in [0.1, 0.15) is 13.8 Å². The minimum Gasteiger partial charge on any atom is -0.330 e. The highest BCUT2D eigenvalue weighted by atomic mass is 14.5. The Bertz CT molecular complexity index is 165. The predicted molar refractivity (Wildman–Crippen MR) is 40.1 cm³/mol. The van der Waals surface area contributed by atoms with Crippen LogP contribution in [0, 0.1) is 5.92 Å². The van der Waals surface area contributed by atoms with E-state index < -0.39 is 0 Å². The van der Waals surface area contributed by atoms with Gasteiger partial charge in [-0.05, 0) is 13.8 Å². The van der Waals surface area contributed by atoms with Crippen LogP contribution in [0.3, 0.4) is 0 Å². The van der Waals surface area contributed by atoms with Crippen LogP contribution in [0.2, 0.25) is 0 Å². The van der Waals surface area contributed by atoms with Crippen LogP contribution < -0.4 is 5.73 Å². The Morgan fingerprint density at radius 2 is 2.22 bits per heavy atom. The summed E-state index contributed by atoms with van der Waals surface area (Å²) in [6, 6.07) is 0. The molecule has 1 heteroatoms. The molecule has 0 saturated carbocycles. The highest BCUT2D eigenvalue weighted by molar-refractivity contribution is 5.34. The van der Waals surface area contributed by atoms with Crippen molar-refractivity contribution in [2.75, 3.05) is 6.54 Å². The molecule has 50 valence electrons. The van der Waals surface area contributed by atoms with Gasteiger partial charge in [-0.15, -0.1) is 0 Å². The van der Waals surface area contributed by atoms with Gasteiger partial charge < -0.3 is 5.73 Å². The molecule has 1 unspecified atom stereocenters. The molecule has 0 aliphatic heterocycles. The van der Waals surface area contributed by atoms with Crippen molar-refractivity contribution in [3.63, 3.8) is 0 Å². The molecule has 1 aliphatic rings. The number of nitrogens with two attached hydrogens (primary N) is 1. The lowest BCUT2D eigenvalue weighted by atomic mass is 10.0. The second-order valence-corrected chi connectivity index (χ2v) is 2.57. The van der Waals surface area contributed by atoms with Crippen molar-refractivity contribution in [3.05, 3.63) is 23.3 Å². The molecule has 0 bridgehead atoms. The SMILES string of the molecule is CC1=C(C)C(CN)C=C1. The third-order valence-electron chi connectivity index (χ3n) is 2.01. The molecular formula is C8H13N. The molecule has 0 heterocycles. The van der Waals surface area contributed by atoms with Crippen LogP contribution in [0.25, 0.3) is 0 Å². The minimum absolute atomic E-state index is 0.519.